The van der Waals surface area contributed by atoms with Crippen LogP contribution >= 0.6 is 0 Å². The van der Waals surface area contributed by atoms with Crippen molar-refractivity contribution in [2.24, 2.45) is 5.92 Å². The molecule has 19 heavy (non-hydrogen) atoms. The Morgan fingerprint density at radius 1 is 1.16 bits per heavy atom. The third-order valence-electron chi connectivity index (χ3n) is 4.86. The number of nitrogens with zero attached hydrogens (tertiary/aromatic N) is 1. The number of hydrogen-bond donors (Lipinski definition) is 1. The molecular formula is C17H26N2. The first-order chi connectivity index (χ1) is 9.34. The highest BCUT2D eigenvalue weighted by Gasteiger charge is 2.29. The maximum absolute atomic E-state index is 3.47. The summed E-state index contributed by atoms with van der Waals surface area (Å²) in [4.78, 5) is 2.75. The van der Waals surface area contributed by atoms with Gasteiger partial charge < -0.3 is 5.32 Å². The summed E-state index contributed by atoms with van der Waals surface area (Å²) in [5, 5.41) is 3.47. The molecule has 2 heterocycles. The van der Waals surface area contributed by atoms with E-state index in [-0.39, 0.29) is 0 Å². The summed E-state index contributed by atoms with van der Waals surface area (Å²) in [5.41, 5.74) is 3.03. The standard InChI is InChI=1S/C17H26N2/c1-14-5-2-3-6-16(14)17-7-4-12-19(17)13-15-8-10-18-11-9-15/h2-3,5-6,15,17-18H,4,7-13H2,1H3. The van der Waals surface area contributed by atoms with E-state index in [1.165, 1.54) is 57.4 Å². The molecule has 2 aliphatic heterocycles. The van der Waals surface area contributed by atoms with Crippen LogP contribution in [-0.2, 0) is 0 Å². The Morgan fingerprint density at radius 3 is 2.74 bits per heavy atom. The molecule has 2 nitrogen and oxygen atoms in total. The molecule has 1 aromatic carbocycles. The second-order valence-corrected chi connectivity index (χ2v) is 6.20. The van der Waals surface area contributed by atoms with Crippen molar-refractivity contribution in [3.8, 4) is 0 Å². The van der Waals surface area contributed by atoms with Gasteiger partial charge in [0.1, 0.15) is 0 Å². The third kappa shape index (κ3) is 3.01. The van der Waals surface area contributed by atoms with E-state index in [9.17, 15) is 0 Å². The average Bonchev–Trinajstić information content (AvgIpc) is 2.88. The van der Waals surface area contributed by atoms with Crippen LogP contribution in [0.5, 0.6) is 0 Å². The number of hydrogen-bond acceptors (Lipinski definition) is 2. The summed E-state index contributed by atoms with van der Waals surface area (Å²) in [6.07, 6.45) is 5.42. The Labute approximate surface area is 117 Å². The van der Waals surface area contributed by atoms with Crippen molar-refractivity contribution >= 4 is 0 Å². The zero-order chi connectivity index (χ0) is 13.1. The molecule has 2 heteroatoms. The largest absolute Gasteiger partial charge is 0.317 e. The van der Waals surface area contributed by atoms with E-state index in [1.54, 1.807) is 5.56 Å². The monoisotopic (exact) mass is 258 g/mol. The van der Waals surface area contributed by atoms with Crippen LogP contribution in [0, 0.1) is 12.8 Å². The lowest BCUT2D eigenvalue weighted by molar-refractivity contribution is 0.192. The number of piperidine rings is 1. The molecule has 3 rings (SSSR count). The van der Waals surface area contributed by atoms with E-state index in [4.69, 9.17) is 0 Å². The molecule has 1 atom stereocenters. The van der Waals surface area contributed by atoms with E-state index in [1.807, 2.05) is 0 Å². The lowest BCUT2D eigenvalue weighted by atomic mass is 9.95. The van der Waals surface area contributed by atoms with Crippen LogP contribution in [-0.4, -0.2) is 31.1 Å². The number of aryl methyl sites for hydroxylation is 1. The van der Waals surface area contributed by atoms with Gasteiger partial charge in [0, 0.05) is 12.6 Å². The lowest BCUT2D eigenvalue weighted by Gasteiger charge is -2.32. The second-order valence-electron chi connectivity index (χ2n) is 6.20. The van der Waals surface area contributed by atoms with Gasteiger partial charge in [-0.1, -0.05) is 24.3 Å². The topological polar surface area (TPSA) is 15.3 Å². The van der Waals surface area contributed by atoms with Crippen LogP contribution in [0.2, 0.25) is 0 Å². The number of likely N-dealkylation sites (tertiary alicyclic amines) is 1. The first-order valence-corrected chi connectivity index (χ1v) is 7.85. The lowest BCUT2D eigenvalue weighted by Crippen LogP contribution is -2.36. The van der Waals surface area contributed by atoms with Crippen molar-refractivity contribution in [1.82, 2.24) is 10.2 Å². The summed E-state index contributed by atoms with van der Waals surface area (Å²) in [7, 11) is 0. The summed E-state index contributed by atoms with van der Waals surface area (Å²) in [6.45, 7) is 7.29. The van der Waals surface area contributed by atoms with Crippen LogP contribution in [0.4, 0.5) is 0 Å². The first-order valence-electron chi connectivity index (χ1n) is 7.85. The van der Waals surface area contributed by atoms with Gasteiger partial charge in [-0.15, -0.1) is 0 Å². The minimum atomic E-state index is 0.677. The van der Waals surface area contributed by atoms with Gasteiger partial charge in [-0.05, 0) is 69.3 Å². The quantitative estimate of drug-likeness (QED) is 0.896. The van der Waals surface area contributed by atoms with E-state index >= 15 is 0 Å². The van der Waals surface area contributed by atoms with Crippen LogP contribution in [0.25, 0.3) is 0 Å². The molecule has 2 aliphatic rings. The van der Waals surface area contributed by atoms with E-state index in [2.05, 4.69) is 41.4 Å². The van der Waals surface area contributed by atoms with Crippen LogP contribution in [0.15, 0.2) is 24.3 Å². The SMILES string of the molecule is Cc1ccccc1C1CCCN1CC1CCNCC1. The maximum atomic E-state index is 3.47. The number of nitrogens with one attached hydrogen (secondary N) is 1. The third-order valence-corrected chi connectivity index (χ3v) is 4.86. The maximum Gasteiger partial charge on any atom is 0.0351 e. The number of rotatable bonds is 3. The molecule has 0 aromatic heterocycles. The molecule has 2 saturated heterocycles. The molecule has 1 N–H and O–H groups in total. The van der Waals surface area contributed by atoms with Gasteiger partial charge in [0.05, 0.1) is 0 Å². The van der Waals surface area contributed by atoms with Gasteiger partial charge in [0.2, 0.25) is 0 Å². The Kier molecular flexibility index (Phi) is 4.19. The fourth-order valence-corrected chi connectivity index (χ4v) is 3.75. The molecule has 0 radical (unpaired) electrons. The van der Waals surface area contributed by atoms with Crippen molar-refractivity contribution in [1.29, 1.82) is 0 Å². The Bertz CT molecular complexity index is 409. The fraction of sp³-hybridized carbons (Fsp3) is 0.647. The van der Waals surface area contributed by atoms with Crippen molar-refractivity contribution in [2.45, 2.75) is 38.6 Å². The Morgan fingerprint density at radius 2 is 1.95 bits per heavy atom. The zero-order valence-electron chi connectivity index (χ0n) is 12.1. The van der Waals surface area contributed by atoms with Gasteiger partial charge in [0.25, 0.3) is 0 Å². The van der Waals surface area contributed by atoms with Crippen molar-refractivity contribution in [3.05, 3.63) is 35.4 Å². The molecule has 0 aliphatic carbocycles. The number of benzene rings is 1. The summed E-state index contributed by atoms with van der Waals surface area (Å²) in [5.74, 6) is 0.908. The highest BCUT2D eigenvalue weighted by Crippen LogP contribution is 2.34. The normalized spacial score (nSPS) is 25.8. The predicted octanol–water partition coefficient (Wildman–Crippen LogP) is 3.13. The minimum Gasteiger partial charge on any atom is -0.317 e. The molecule has 2 fully saturated rings. The molecule has 0 spiro atoms. The van der Waals surface area contributed by atoms with E-state index in [0.717, 1.165) is 5.92 Å². The molecule has 1 aromatic rings. The first kappa shape index (κ1) is 13.1. The highest BCUT2D eigenvalue weighted by molar-refractivity contribution is 5.29. The van der Waals surface area contributed by atoms with Gasteiger partial charge in [0.15, 0.2) is 0 Å². The Hall–Kier alpha value is -0.860. The van der Waals surface area contributed by atoms with Crippen LogP contribution < -0.4 is 5.32 Å². The average molecular weight is 258 g/mol. The summed E-state index contributed by atoms with van der Waals surface area (Å²) >= 11 is 0. The Balaban J connectivity index is 1.69. The molecule has 0 bridgehead atoms. The highest BCUT2D eigenvalue weighted by atomic mass is 15.2. The molecule has 1 unspecified atom stereocenters. The van der Waals surface area contributed by atoms with E-state index < -0.39 is 0 Å². The summed E-state index contributed by atoms with van der Waals surface area (Å²) < 4.78 is 0. The van der Waals surface area contributed by atoms with Gasteiger partial charge in [-0.25, -0.2) is 0 Å². The summed E-state index contributed by atoms with van der Waals surface area (Å²) in [6, 6.07) is 9.63. The molecular weight excluding hydrogens is 232 g/mol. The second kappa shape index (κ2) is 6.06. The van der Waals surface area contributed by atoms with E-state index in [0.29, 0.717) is 6.04 Å². The molecule has 0 saturated carbocycles. The van der Waals surface area contributed by atoms with Gasteiger partial charge >= 0.3 is 0 Å². The minimum absolute atomic E-state index is 0.677. The smallest absolute Gasteiger partial charge is 0.0351 e. The molecule has 104 valence electrons. The van der Waals surface area contributed by atoms with Gasteiger partial charge in [-0.3, -0.25) is 4.90 Å². The zero-order valence-corrected chi connectivity index (χ0v) is 12.1. The van der Waals surface area contributed by atoms with Gasteiger partial charge in [-0.2, -0.15) is 0 Å². The van der Waals surface area contributed by atoms with Crippen LogP contribution in [0.1, 0.15) is 42.9 Å². The van der Waals surface area contributed by atoms with Crippen molar-refractivity contribution in [3.63, 3.8) is 0 Å². The van der Waals surface area contributed by atoms with Crippen molar-refractivity contribution in [2.75, 3.05) is 26.2 Å². The van der Waals surface area contributed by atoms with Crippen molar-refractivity contribution < 1.29 is 0 Å². The van der Waals surface area contributed by atoms with Crippen LogP contribution in [0.3, 0.4) is 0 Å². The molecule has 0 amide bonds. The predicted molar refractivity (Wildman–Crippen MR) is 80.3 cm³/mol. The fourth-order valence-electron chi connectivity index (χ4n) is 3.75.